The van der Waals surface area contributed by atoms with Crippen LogP contribution in [0.3, 0.4) is 0 Å². The van der Waals surface area contributed by atoms with Crippen LogP contribution in [0.25, 0.3) is 11.1 Å². The summed E-state index contributed by atoms with van der Waals surface area (Å²) in [5.41, 5.74) is 4.50. The Morgan fingerprint density at radius 2 is 1.29 bits per heavy atom. The Morgan fingerprint density at radius 1 is 0.714 bits per heavy atom. The fourth-order valence-electron chi connectivity index (χ4n) is 5.41. The highest BCUT2D eigenvalue weighted by molar-refractivity contribution is 5.70. The van der Waals surface area contributed by atoms with E-state index in [1.807, 2.05) is 64.2 Å². The van der Waals surface area contributed by atoms with Gasteiger partial charge in [0.2, 0.25) is 0 Å². The summed E-state index contributed by atoms with van der Waals surface area (Å²) in [4.78, 5) is 12.1. The molecule has 0 fully saturated rings. The third-order valence-corrected chi connectivity index (χ3v) is 7.83. The second-order valence-electron chi connectivity index (χ2n) is 12.7. The van der Waals surface area contributed by atoms with Crippen LogP contribution in [0.15, 0.2) is 103 Å². The van der Waals surface area contributed by atoms with Crippen molar-refractivity contribution in [2.24, 2.45) is 0 Å². The maximum Gasteiger partial charge on any atom is 0.308 e. The maximum atomic E-state index is 14.9. The Bertz CT molecular complexity index is 1870. The van der Waals surface area contributed by atoms with E-state index >= 15 is 0 Å². The van der Waals surface area contributed by atoms with Crippen molar-refractivity contribution < 1.29 is 31.8 Å². The summed E-state index contributed by atoms with van der Waals surface area (Å²) >= 11 is 0. The van der Waals surface area contributed by atoms with E-state index < -0.39 is 28.9 Å². The normalized spacial score (nSPS) is 11.9. The van der Waals surface area contributed by atoms with Crippen molar-refractivity contribution in [3.63, 3.8) is 0 Å². The van der Waals surface area contributed by atoms with Crippen molar-refractivity contribution in [2.75, 3.05) is 24.2 Å². The Morgan fingerprint density at radius 3 is 1.84 bits per heavy atom. The molecule has 0 aliphatic carbocycles. The molecule has 0 saturated heterocycles. The van der Waals surface area contributed by atoms with Crippen molar-refractivity contribution in [3.8, 4) is 22.6 Å². The molecule has 1 unspecified atom stereocenters. The van der Waals surface area contributed by atoms with Crippen LogP contribution in [0.4, 0.5) is 28.9 Å². The molecule has 0 aliphatic rings. The Hall–Kier alpha value is -5.31. The number of carbonyl (C=O) groups excluding carboxylic acids is 1. The fraction of sp³-hybridized carbons (Fsp3) is 0.225. The summed E-state index contributed by atoms with van der Waals surface area (Å²) in [6.45, 7) is 6.00. The Kier molecular flexibility index (Phi) is 10.9. The number of ether oxygens (including phenoxy) is 2. The minimum absolute atomic E-state index is 0.0382. The van der Waals surface area contributed by atoms with Crippen LogP contribution in [0.2, 0.25) is 0 Å². The van der Waals surface area contributed by atoms with E-state index in [1.54, 1.807) is 12.1 Å². The van der Waals surface area contributed by atoms with Gasteiger partial charge in [0.25, 0.3) is 0 Å². The molecule has 49 heavy (non-hydrogen) atoms. The molecule has 2 N–H and O–H groups in total. The molecule has 254 valence electrons. The first kappa shape index (κ1) is 35.0. The van der Waals surface area contributed by atoms with Gasteiger partial charge in [0.15, 0.2) is 17.5 Å². The molecule has 5 aromatic rings. The van der Waals surface area contributed by atoms with E-state index in [0.29, 0.717) is 18.7 Å². The summed E-state index contributed by atoms with van der Waals surface area (Å²) in [6, 6.07) is 29.4. The van der Waals surface area contributed by atoms with Crippen molar-refractivity contribution in [3.05, 3.63) is 143 Å². The van der Waals surface area contributed by atoms with Crippen LogP contribution in [0.5, 0.6) is 11.5 Å². The lowest BCUT2D eigenvalue weighted by Gasteiger charge is -2.20. The molecule has 9 heteroatoms. The molecule has 0 spiro atoms. The monoisotopic (exact) mass is 670 g/mol. The second-order valence-corrected chi connectivity index (χ2v) is 12.7. The number of esters is 1. The van der Waals surface area contributed by atoms with E-state index in [2.05, 4.69) is 34.9 Å². The zero-order chi connectivity index (χ0) is 35.1. The quantitative estimate of drug-likeness (QED) is 0.0786. The molecule has 0 aliphatic heterocycles. The molecule has 5 nitrogen and oxygen atoms in total. The smallest absolute Gasteiger partial charge is 0.308 e. The van der Waals surface area contributed by atoms with E-state index in [9.17, 15) is 22.4 Å². The summed E-state index contributed by atoms with van der Waals surface area (Å²) in [5, 5.41) is 6.44. The molecule has 0 amide bonds. The molecule has 0 radical (unpaired) electrons. The number of rotatable bonds is 12. The number of carbonyl (C=O) groups is 1. The molecular weight excluding hydrogens is 632 g/mol. The Labute approximate surface area is 283 Å². The van der Waals surface area contributed by atoms with Gasteiger partial charge >= 0.3 is 5.97 Å². The third kappa shape index (κ3) is 9.41. The van der Waals surface area contributed by atoms with Gasteiger partial charge in [0, 0.05) is 42.5 Å². The Balaban J connectivity index is 1.28. The molecule has 0 aromatic heterocycles. The van der Waals surface area contributed by atoms with Gasteiger partial charge in [-0.2, -0.15) is 0 Å². The first-order valence-corrected chi connectivity index (χ1v) is 15.9. The number of hydrogen-bond acceptors (Lipinski definition) is 5. The highest BCUT2D eigenvalue weighted by atomic mass is 19.2. The average Bonchev–Trinajstić information content (AvgIpc) is 3.06. The largest absolute Gasteiger partial charge is 0.460 e. The molecule has 0 saturated carbocycles. The maximum absolute atomic E-state index is 14.9. The molecule has 1 atom stereocenters. The number of hydrogen-bond donors (Lipinski definition) is 2. The first-order chi connectivity index (χ1) is 23.4. The lowest BCUT2D eigenvalue weighted by Crippen LogP contribution is -2.25. The fourth-order valence-corrected chi connectivity index (χ4v) is 5.41. The molecule has 5 aromatic carbocycles. The van der Waals surface area contributed by atoms with Crippen LogP contribution < -0.4 is 15.4 Å². The van der Waals surface area contributed by atoms with Gasteiger partial charge in [-0.1, -0.05) is 36.4 Å². The van der Waals surface area contributed by atoms with Crippen LogP contribution >= 0.6 is 0 Å². The number of benzene rings is 5. The van der Waals surface area contributed by atoms with Crippen LogP contribution in [-0.2, 0) is 16.0 Å². The number of nitrogens with one attached hydrogen (secondary N) is 2. The van der Waals surface area contributed by atoms with Gasteiger partial charge in [-0.05, 0) is 110 Å². The second kappa shape index (κ2) is 15.3. The third-order valence-electron chi connectivity index (χ3n) is 7.83. The van der Waals surface area contributed by atoms with Crippen molar-refractivity contribution in [2.45, 2.75) is 45.1 Å². The highest BCUT2D eigenvalue weighted by Crippen LogP contribution is 2.33. The highest BCUT2D eigenvalue weighted by Gasteiger charge is 2.18. The molecule has 0 bridgehead atoms. The molecule has 0 heterocycles. The average molecular weight is 671 g/mol. The molecular formula is C40H38F4N2O3. The van der Waals surface area contributed by atoms with Gasteiger partial charge in [-0.15, -0.1) is 0 Å². The lowest BCUT2D eigenvalue weighted by molar-refractivity contribution is -0.154. The zero-order valence-electron chi connectivity index (χ0n) is 27.8. The summed E-state index contributed by atoms with van der Waals surface area (Å²) in [7, 11) is 1.88. The van der Waals surface area contributed by atoms with Gasteiger partial charge in [-0.25, -0.2) is 17.6 Å². The van der Waals surface area contributed by atoms with Crippen molar-refractivity contribution in [1.82, 2.24) is 0 Å². The minimum Gasteiger partial charge on any atom is -0.460 e. The van der Waals surface area contributed by atoms with Crippen LogP contribution in [0, 0.1) is 23.3 Å². The zero-order valence-corrected chi connectivity index (χ0v) is 27.8. The van der Waals surface area contributed by atoms with Gasteiger partial charge < -0.3 is 20.1 Å². The van der Waals surface area contributed by atoms with Crippen LogP contribution in [0.1, 0.15) is 49.8 Å². The van der Waals surface area contributed by atoms with E-state index in [-0.39, 0.29) is 35.2 Å². The predicted octanol–water partition coefficient (Wildman–Crippen LogP) is 10.3. The van der Waals surface area contributed by atoms with Gasteiger partial charge in [0.05, 0.1) is 6.42 Å². The van der Waals surface area contributed by atoms with E-state index in [4.69, 9.17) is 9.47 Å². The summed E-state index contributed by atoms with van der Waals surface area (Å²) in [6.07, 6.45) is 0.955. The summed E-state index contributed by atoms with van der Waals surface area (Å²) in [5.74, 6) is -4.70. The summed E-state index contributed by atoms with van der Waals surface area (Å²) < 4.78 is 66.9. The minimum atomic E-state index is -1.61. The van der Waals surface area contributed by atoms with Crippen LogP contribution in [-0.4, -0.2) is 25.2 Å². The van der Waals surface area contributed by atoms with Gasteiger partial charge in [0.1, 0.15) is 22.9 Å². The standard InChI is InChI=1S/C40H38F4N2O3/c1-40(2,3)49-38(47)19-20-46-30-13-9-27(10-14-30)34(26-7-11-29(45-4)12-8-26)21-25-5-15-31(16-6-25)48-32-17-18-33(35(41)24-32)28-22-36(42)39(44)37(43)23-28/h5-18,22-24,34,45-46H,19-21H2,1-4H3. The van der Waals surface area contributed by atoms with Crippen molar-refractivity contribution in [1.29, 1.82) is 0 Å². The molecule has 5 rings (SSSR count). The number of halogens is 4. The van der Waals surface area contributed by atoms with Crippen molar-refractivity contribution >= 4 is 17.3 Å². The lowest BCUT2D eigenvalue weighted by atomic mass is 9.86. The van der Waals surface area contributed by atoms with Gasteiger partial charge in [-0.3, -0.25) is 4.79 Å². The van der Waals surface area contributed by atoms with E-state index in [1.165, 1.54) is 12.1 Å². The number of anilines is 2. The SMILES string of the molecule is CNc1ccc(C(Cc2ccc(Oc3ccc(-c4cc(F)c(F)c(F)c4)c(F)c3)cc2)c2ccc(NCCC(=O)OC(C)(C)C)cc2)cc1. The topological polar surface area (TPSA) is 59.6 Å². The first-order valence-electron chi connectivity index (χ1n) is 15.9. The van der Waals surface area contributed by atoms with E-state index in [0.717, 1.165) is 46.3 Å². The predicted molar refractivity (Wildman–Crippen MR) is 185 cm³/mol.